The molecule has 0 aromatic carbocycles. The van der Waals surface area contributed by atoms with Crippen molar-refractivity contribution >= 4 is 18.1 Å². The van der Waals surface area contributed by atoms with Gasteiger partial charge in [-0.05, 0) is 18.6 Å². The predicted molar refractivity (Wildman–Crippen MR) is 65.3 cm³/mol. The Balaban J connectivity index is 0.000000595. The first kappa shape index (κ1) is 17.5. The lowest BCUT2D eigenvalue weighted by Gasteiger charge is -2.22. The van der Waals surface area contributed by atoms with Gasteiger partial charge in [0.25, 0.3) is 0 Å². The molecule has 1 heterocycles. The van der Waals surface area contributed by atoms with Crippen LogP contribution in [0.15, 0.2) is 29.1 Å². The molecule has 0 spiro atoms. The Labute approximate surface area is 114 Å². The zero-order valence-corrected chi connectivity index (χ0v) is 10.8. The summed E-state index contributed by atoms with van der Waals surface area (Å²) < 4.78 is 8.56. The number of unbranched alkanes of at least 4 members (excludes halogenated alkanes) is 1. The fourth-order valence-electron chi connectivity index (χ4n) is 1.25. The van der Waals surface area contributed by atoms with Gasteiger partial charge >= 0.3 is 23.7 Å². The molecule has 3 N–H and O–H groups in total. The molecule has 8 heteroatoms. The minimum Gasteiger partial charge on any atom is -0.478 e. The Kier molecular flexibility index (Phi) is 7.49. The van der Waals surface area contributed by atoms with Gasteiger partial charge in [-0.2, -0.15) is 0 Å². The summed E-state index contributed by atoms with van der Waals surface area (Å²) in [5.41, 5.74) is -2.69. The Morgan fingerprint density at radius 3 is 1.85 bits per heavy atom. The molecule has 8 nitrogen and oxygen atoms in total. The number of rotatable bonds is 6. The Hall–Kier alpha value is -2.51. The summed E-state index contributed by atoms with van der Waals surface area (Å²) in [6.45, 7) is 1.72. The van der Waals surface area contributed by atoms with Gasteiger partial charge in [0.1, 0.15) is 0 Å². The number of carboxylic acid groups (broad SMARTS) is 3. The summed E-state index contributed by atoms with van der Waals surface area (Å²) in [7, 11) is 0. The second-order valence-electron chi connectivity index (χ2n) is 3.70. The van der Waals surface area contributed by atoms with E-state index in [0.29, 0.717) is 6.42 Å². The molecular formula is C12H16O8. The molecule has 1 aromatic rings. The highest BCUT2D eigenvalue weighted by atomic mass is 16.7. The number of ether oxygens (including phenoxy) is 1. The van der Waals surface area contributed by atoms with Crippen LogP contribution in [0.1, 0.15) is 26.2 Å². The largest absolute Gasteiger partial charge is 0.507 e. The average Bonchev–Trinajstić information content (AvgIpc) is 2.92. The molecule has 1 rings (SSSR count). The van der Waals surface area contributed by atoms with Crippen molar-refractivity contribution < 1.29 is 38.9 Å². The van der Waals surface area contributed by atoms with Gasteiger partial charge in [0, 0.05) is 6.42 Å². The zero-order valence-electron chi connectivity index (χ0n) is 10.8. The summed E-state index contributed by atoms with van der Waals surface area (Å²) in [5, 5.41) is 25.7. The quantitative estimate of drug-likeness (QED) is 0.534. The summed E-state index contributed by atoms with van der Waals surface area (Å²) in [5.74, 6) is -3.63. The first-order valence-electron chi connectivity index (χ1n) is 5.72. The van der Waals surface area contributed by atoms with Crippen LogP contribution in [-0.2, 0) is 14.3 Å². The summed E-state index contributed by atoms with van der Waals surface area (Å²) in [6.07, 6.45) is 1.72. The minimum atomic E-state index is -2.69. The highest BCUT2D eigenvalue weighted by Crippen LogP contribution is 2.21. The number of aliphatic carboxylic acids is 2. The third-order valence-electron chi connectivity index (χ3n) is 2.26. The van der Waals surface area contributed by atoms with Crippen LogP contribution in [0.5, 0.6) is 0 Å². The van der Waals surface area contributed by atoms with Gasteiger partial charge in [0.2, 0.25) is 0 Å². The fraction of sp³-hybridized carbons (Fsp3) is 0.417. The van der Waals surface area contributed by atoms with Crippen molar-refractivity contribution in [3.05, 3.63) is 24.7 Å². The Morgan fingerprint density at radius 2 is 1.60 bits per heavy atom. The topological polar surface area (TPSA) is 134 Å². The van der Waals surface area contributed by atoms with Crippen LogP contribution >= 0.6 is 0 Å². The standard InChI is InChI=1S/C8H12O7.C4H4O/c1-2-3-4-8(5(9)10,6(11)12)15-7(13)14;1-2-4-5-3-1/h2-4H2,1H3,(H,9,10)(H,11,12)(H,13,14);1-4H. The maximum atomic E-state index is 10.7. The van der Waals surface area contributed by atoms with E-state index in [4.69, 9.17) is 15.3 Å². The molecule has 0 amide bonds. The molecule has 0 atom stereocenters. The lowest BCUT2D eigenvalue weighted by Crippen LogP contribution is -2.50. The lowest BCUT2D eigenvalue weighted by atomic mass is 9.97. The van der Waals surface area contributed by atoms with Crippen molar-refractivity contribution in [1.29, 1.82) is 0 Å². The molecule has 0 aliphatic carbocycles. The monoisotopic (exact) mass is 288 g/mol. The van der Waals surface area contributed by atoms with E-state index in [0.717, 1.165) is 0 Å². The van der Waals surface area contributed by atoms with E-state index >= 15 is 0 Å². The van der Waals surface area contributed by atoms with Gasteiger partial charge < -0.3 is 24.5 Å². The normalized spacial score (nSPS) is 10.1. The highest BCUT2D eigenvalue weighted by molar-refractivity contribution is 6.03. The number of furan rings is 1. The van der Waals surface area contributed by atoms with Crippen molar-refractivity contribution in [3.8, 4) is 0 Å². The van der Waals surface area contributed by atoms with Crippen molar-refractivity contribution in [1.82, 2.24) is 0 Å². The highest BCUT2D eigenvalue weighted by Gasteiger charge is 2.50. The second kappa shape index (κ2) is 8.57. The van der Waals surface area contributed by atoms with Crippen LogP contribution in [0.25, 0.3) is 0 Å². The van der Waals surface area contributed by atoms with Gasteiger partial charge in [-0.25, -0.2) is 14.4 Å². The molecule has 0 aliphatic heterocycles. The fourth-order valence-corrected chi connectivity index (χ4v) is 1.25. The van der Waals surface area contributed by atoms with Gasteiger partial charge in [-0.1, -0.05) is 13.3 Å². The van der Waals surface area contributed by atoms with Crippen molar-refractivity contribution in [2.75, 3.05) is 0 Å². The van der Waals surface area contributed by atoms with E-state index in [9.17, 15) is 14.4 Å². The Bertz CT molecular complexity index is 391. The number of hydrogen-bond donors (Lipinski definition) is 3. The lowest BCUT2D eigenvalue weighted by molar-refractivity contribution is -0.178. The molecule has 1 aromatic heterocycles. The number of carbonyl (C=O) groups is 3. The van der Waals surface area contributed by atoms with E-state index in [2.05, 4.69) is 9.15 Å². The molecule has 0 aliphatic rings. The second-order valence-corrected chi connectivity index (χ2v) is 3.70. The van der Waals surface area contributed by atoms with E-state index in [-0.39, 0.29) is 12.8 Å². The van der Waals surface area contributed by atoms with Crippen LogP contribution in [0.4, 0.5) is 4.79 Å². The number of hydrogen-bond acceptors (Lipinski definition) is 5. The van der Waals surface area contributed by atoms with Crippen LogP contribution in [0.2, 0.25) is 0 Å². The average molecular weight is 288 g/mol. The van der Waals surface area contributed by atoms with E-state index in [1.165, 1.54) is 0 Å². The van der Waals surface area contributed by atoms with Crippen molar-refractivity contribution in [3.63, 3.8) is 0 Å². The van der Waals surface area contributed by atoms with E-state index < -0.39 is 23.7 Å². The SMILES string of the molecule is CCCCC(OC(=O)O)(C(=O)O)C(=O)O.c1ccoc1. The van der Waals surface area contributed by atoms with Crippen LogP contribution in [0, 0.1) is 0 Å². The van der Waals surface area contributed by atoms with E-state index in [1.54, 1.807) is 19.5 Å². The first-order chi connectivity index (χ1) is 9.36. The number of carboxylic acids is 2. The molecule has 0 saturated heterocycles. The summed E-state index contributed by atoms with van der Waals surface area (Å²) >= 11 is 0. The summed E-state index contributed by atoms with van der Waals surface area (Å²) in [4.78, 5) is 31.7. The third kappa shape index (κ3) is 5.42. The molecule has 112 valence electrons. The van der Waals surface area contributed by atoms with Crippen molar-refractivity contribution in [2.24, 2.45) is 0 Å². The molecule has 20 heavy (non-hydrogen) atoms. The van der Waals surface area contributed by atoms with Crippen LogP contribution in [-0.4, -0.2) is 39.0 Å². The molecule has 0 saturated carbocycles. The van der Waals surface area contributed by atoms with Crippen LogP contribution in [0.3, 0.4) is 0 Å². The molecule has 0 fully saturated rings. The van der Waals surface area contributed by atoms with Crippen LogP contribution < -0.4 is 0 Å². The van der Waals surface area contributed by atoms with Crippen molar-refractivity contribution in [2.45, 2.75) is 31.8 Å². The molecular weight excluding hydrogens is 272 g/mol. The molecule has 0 bridgehead atoms. The third-order valence-corrected chi connectivity index (χ3v) is 2.26. The summed E-state index contributed by atoms with van der Waals surface area (Å²) in [6, 6.07) is 3.67. The molecule has 0 unspecified atom stereocenters. The predicted octanol–water partition coefficient (Wildman–Crippen LogP) is 2.06. The first-order valence-corrected chi connectivity index (χ1v) is 5.72. The van der Waals surface area contributed by atoms with Gasteiger partial charge in [0.05, 0.1) is 12.5 Å². The zero-order chi connectivity index (χ0) is 15.6. The van der Waals surface area contributed by atoms with Gasteiger partial charge in [-0.3, -0.25) is 0 Å². The maximum absolute atomic E-state index is 10.7. The van der Waals surface area contributed by atoms with Gasteiger partial charge in [-0.15, -0.1) is 0 Å². The van der Waals surface area contributed by atoms with Gasteiger partial charge in [0.15, 0.2) is 0 Å². The van der Waals surface area contributed by atoms with E-state index in [1.807, 2.05) is 12.1 Å². The molecule has 0 radical (unpaired) electrons. The minimum absolute atomic E-state index is 0.242. The maximum Gasteiger partial charge on any atom is 0.507 e. The Morgan fingerprint density at radius 1 is 1.10 bits per heavy atom. The smallest absolute Gasteiger partial charge is 0.478 e.